The van der Waals surface area contributed by atoms with Crippen LogP contribution >= 0.6 is 11.3 Å². The van der Waals surface area contributed by atoms with Crippen LogP contribution in [0.3, 0.4) is 0 Å². The van der Waals surface area contributed by atoms with Gasteiger partial charge in [0.05, 0.1) is 27.0 Å². The van der Waals surface area contributed by atoms with Gasteiger partial charge in [0, 0.05) is 10.9 Å². The van der Waals surface area contributed by atoms with E-state index in [1.165, 1.54) is 11.3 Å². The largest absolute Gasteiger partial charge is 0.493 e. The number of ether oxygens (including phenoxy) is 3. The molecule has 7 nitrogen and oxygen atoms in total. The number of aromatic nitrogens is 1. The van der Waals surface area contributed by atoms with Gasteiger partial charge in [-0.1, -0.05) is 0 Å². The number of anilines is 2. The molecule has 1 aromatic heterocycles. The van der Waals surface area contributed by atoms with E-state index in [1.807, 2.05) is 19.1 Å². The second-order valence-corrected chi connectivity index (χ2v) is 4.99. The van der Waals surface area contributed by atoms with Crippen LogP contribution in [0.5, 0.6) is 17.2 Å². The Balaban J connectivity index is 2.19. The lowest BCUT2D eigenvalue weighted by Gasteiger charge is -2.14. The van der Waals surface area contributed by atoms with Gasteiger partial charge in [0.1, 0.15) is 5.82 Å². The van der Waals surface area contributed by atoms with Gasteiger partial charge in [0.15, 0.2) is 11.5 Å². The summed E-state index contributed by atoms with van der Waals surface area (Å²) < 4.78 is 16.2. The van der Waals surface area contributed by atoms with Crippen molar-refractivity contribution in [2.75, 3.05) is 32.0 Å². The maximum absolute atomic E-state index is 5.55. The van der Waals surface area contributed by atoms with Crippen LogP contribution in [0.15, 0.2) is 22.6 Å². The summed E-state index contributed by atoms with van der Waals surface area (Å²) in [6.07, 6.45) is 1.64. The van der Waals surface area contributed by atoms with Crippen LogP contribution in [0.2, 0.25) is 0 Å². The van der Waals surface area contributed by atoms with E-state index in [2.05, 4.69) is 15.5 Å². The molecule has 22 heavy (non-hydrogen) atoms. The Hall–Kier alpha value is -2.48. The van der Waals surface area contributed by atoms with Crippen molar-refractivity contribution in [1.82, 2.24) is 4.98 Å². The lowest BCUT2D eigenvalue weighted by Crippen LogP contribution is -2.00. The lowest BCUT2D eigenvalue weighted by molar-refractivity contribution is 0.288. The number of hydrogen-bond acceptors (Lipinski definition) is 8. The third kappa shape index (κ3) is 3.79. The molecule has 1 aromatic carbocycles. The van der Waals surface area contributed by atoms with E-state index in [9.17, 15) is 0 Å². The number of benzene rings is 1. The maximum Gasteiger partial charge on any atom is 0.205 e. The van der Waals surface area contributed by atoms with E-state index in [0.29, 0.717) is 34.8 Å². The summed E-state index contributed by atoms with van der Waals surface area (Å²) in [5, 5.41) is 6.48. The second kappa shape index (κ2) is 7.51. The first-order chi connectivity index (χ1) is 10.7. The van der Waals surface area contributed by atoms with E-state index in [-0.39, 0.29) is 0 Å². The molecule has 0 aliphatic carbocycles. The van der Waals surface area contributed by atoms with Gasteiger partial charge in [0.25, 0.3) is 0 Å². The van der Waals surface area contributed by atoms with Crippen molar-refractivity contribution in [2.45, 2.75) is 6.92 Å². The summed E-state index contributed by atoms with van der Waals surface area (Å²) in [6.45, 7) is 2.42. The number of methoxy groups -OCH3 is 2. The van der Waals surface area contributed by atoms with Crippen LogP contribution in [0.4, 0.5) is 10.9 Å². The minimum Gasteiger partial charge on any atom is -0.493 e. The first kappa shape index (κ1) is 15.9. The van der Waals surface area contributed by atoms with Crippen molar-refractivity contribution >= 4 is 28.5 Å². The molecule has 8 heteroatoms. The van der Waals surface area contributed by atoms with Crippen LogP contribution in [0.1, 0.15) is 12.5 Å². The molecule has 0 atom stereocenters. The maximum atomic E-state index is 5.55. The zero-order chi connectivity index (χ0) is 15.9. The Morgan fingerprint density at radius 1 is 1.32 bits per heavy atom. The van der Waals surface area contributed by atoms with Gasteiger partial charge in [-0.05, 0) is 19.1 Å². The van der Waals surface area contributed by atoms with Crippen LogP contribution in [0.25, 0.3) is 0 Å². The number of thiazole rings is 1. The third-order valence-electron chi connectivity index (χ3n) is 2.67. The number of hydrazone groups is 1. The predicted molar refractivity (Wildman–Crippen MR) is 88.5 cm³/mol. The number of nitrogen functional groups attached to an aromatic ring is 1. The first-order valence-electron chi connectivity index (χ1n) is 6.56. The van der Waals surface area contributed by atoms with Crippen molar-refractivity contribution in [3.05, 3.63) is 23.1 Å². The Labute approximate surface area is 132 Å². The number of nitrogens with one attached hydrogen (secondary N) is 1. The van der Waals surface area contributed by atoms with Gasteiger partial charge < -0.3 is 19.9 Å². The summed E-state index contributed by atoms with van der Waals surface area (Å²) in [5.41, 5.74) is 9.16. The molecule has 2 aromatic rings. The molecule has 0 bridgehead atoms. The minimum atomic E-state index is 0.465. The van der Waals surface area contributed by atoms with Gasteiger partial charge in [-0.15, -0.1) is 11.3 Å². The van der Waals surface area contributed by atoms with E-state index >= 15 is 0 Å². The standard InChI is InChI=1S/C14H18N4O3S/c1-4-21-13-10(19-2)5-9(6-11(13)20-3)7-16-18-14-17-12(15)8-22-14/h5-8H,4,15H2,1-3H3,(H,17,18). The summed E-state index contributed by atoms with van der Waals surface area (Å²) >= 11 is 1.38. The Kier molecular flexibility index (Phi) is 5.42. The van der Waals surface area contributed by atoms with Gasteiger partial charge in [-0.2, -0.15) is 5.10 Å². The molecule has 0 aliphatic rings. The molecule has 118 valence electrons. The molecule has 3 N–H and O–H groups in total. The SMILES string of the molecule is CCOc1c(OC)cc(C=NNc2nc(N)cs2)cc1OC. The molecule has 0 amide bonds. The molecular formula is C14H18N4O3S. The Bertz CT molecular complexity index is 632. The van der Waals surface area contributed by atoms with E-state index < -0.39 is 0 Å². The molecule has 2 rings (SSSR count). The minimum absolute atomic E-state index is 0.465. The Morgan fingerprint density at radius 3 is 2.50 bits per heavy atom. The predicted octanol–water partition coefficient (Wildman–Crippen LogP) is 2.59. The van der Waals surface area contributed by atoms with Crippen LogP contribution in [0, 0.1) is 0 Å². The number of rotatable bonds is 7. The molecular weight excluding hydrogens is 304 g/mol. The van der Waals surface area contributed by atoms with Gasteiger partial charge in [-0.3, -0.25) is 5.43 Å². The molecule has 0 spiro atoms. The van der Waals surface area contributed by atoms with Crippen molar-refractivity contribution in [2.24, 2.45) is 5.10 Å². The molecule has 0 aliphatic heterocycles. The van der Waals surface area contributed by atoms with E-state index in [4.69, 9.17) is 19.9 Å². The highest BCUT2D eigenvalue weighted by atomic mass is 32.1. The van der Waals surface area contributed by atoms with E-state index in [0.717, 1.165) is 5.56 Å². The fourth-order valence-electron chi connectivity index (χ4n) is 1.76. The molecule has 1 heterocycles. The Morgan fingerprint density at radius 2 is 2.00 bits per heavy atom. The third-order valence-corrected chi connectivity index (χ3v) is 3.43. The normalized spacial score (nSPS) is 10.7. The summed E-state index contributed by atoms with van der Waals surface area (Å²) in [4.78, 5) is 4.05. The highest BCUT2D eigenvalue weighted by molar-refractivity contribution is 7.14. The smallest absolute Gasteiger partial charge is 0.205 e. The topological polar surface area (TPSA) is 91.0 Å². The first-order valence-corrected chi connectivity index (χ1v) is 7.44. The monoisotopic (exact) mass is 322 g/mol. The molecule has 0 fully saturated rings. The average molecular weight is 322 g/mol. The van der Waals surface area contributed by atoms with E-state index in [1.54, 1.807) is 25.8 Å². The van der Waals surface area contributed by atoms with Gasteiger partial charge in [0.2, 0.25) is 10.9 Å². The fourth-order valence-corrected chi connectivity index (χ4v) is 2.31. The van der Waals surface area contributed by atoms with Crippen molar-refractivity contribution in [3.8, 4) is 17.2 Å². The highest BCUT2D eigenvalue weighted by Gasteiger charge is 2.13. The molecule has 0 radical (unpaired) electrons. The highest BCUT2D eigenvalue weighted by Crippen LogP contribution is 2.38. The summed E-state index contributed by atoms with van der Waals surface area (Å²) in [6, 6.07) is 3.63. The number of hydrogen-bond donors (Lipinski definition) is 2. The quantitative estimate of drug-likeness (QED) is 0.601. The number of nitrogens with zero attached hydrogens (tertiary/aromatic N) is 2. The van der Waals surface area contributed by atoms with Crippen molar-refractivity contribution in [3.63, 3.8) is 0 Å². The second-order valence-electron chi connectivity index (χ2n) is 4.14. The fraction of sp³-hybridized carbons (Fsp3) is 0.286. The van der Waals surface area contributed by atoms with Crippen molar-refractivity contribution in [1.29, 1.82) is 0 Å². The zero-order valence-electron chi connectivity index (χ0n) is 12.6. The average Bonchev–Trinajstić information content (AvgIpc) is 2.93. The van der Waals surface area contributed by atoms with Crippen LogP contribution in [-0.2, 0) is 0 Å². The van der Waals surface area contributed by atoms with Gasteiger partial charge >= 0.3 is 0 Å². The van der Waals surface area contributed by atoms with Crippen LogP contribution in [-0.4, -0.2) is 32.0 Å². The summed E-state index contributed by atoms with van der Waals surface area (Å²) in [7, 11) is 3.16. The van der Waals surface area contributed by atoms with Crippen molar-refractivity contribution < 1.29 is 14.2 Å². The van der Waals surface area contributed by atoms with Gasteiger partial charge in [-0.25, -0.2) is 4.98 Å². The number of nitrogens with two attached hydrogens (primary N) is 1. The lowest BCUT2D eigenvalue weighted by atomic mass is 10.2. The molecule has 0 unspecified atom stereocenters. The van der Waals surface area contributed by atoms with Crippen LogP contribution < -0.4 is 25.4 Å². The molecule has 0 saturated heterocycles. The molecule has 0 saturated carbocycles. The zero-order valence-corrected chi connectivity index (χ0v) is 13.4. The summed E-state index contributed by atoms with van der Waals surface area (Å²) in [5.74, 6) is 2.21.